The van der Waals surface area contributed by atoms with Crippen molar-refractivity contribution in [1.82, 2.24) is 4.90 Å². The fourth-order valence-electron chi connectivity index (χ4n) is 2.91. The third-order valence-corrected chi connectivity index (χ3v) is 11.5. The maximum absolute atomic E-state index is 12.8. The smallest absolute Gasteiger partial charge is 0.397 e. The fourth-order valence-corrected chi connectivity index (χ4v) is 5.62. The summed E-state index contributed by atoms with van der Waals surface area (Å²) in [6.45, 7) is 12.2. The number of likely N-dealkylation sites (tertiary alicyclic amines) is 1. The van der Waals surface area contributed by atoms with Crippen LogP contribution in [0.15, 0.2) is 30.3 Å². The molecular weight excluding hydrogens is 422 g/mol. The molecule has 0 N–H and O–H groups in total. The van der Waals surface area contributed by atoms with Gasteiger partial charge in [-0.3, -0.25) is 19.3 Å². The zero-order valence-corrected chi connectivity index (χ0v) is 20.2. The summed E-state index contributed by atoms with van der Waals surface area (Å²) >= 11 is 0.850. The van der Waals surface area contributed by atoms with E-state index in [1.54, 1.807) is 37.3 Å². The monoisotopic (exact) mass is 451 g/mol. The van der Waals surface area contributed by atoms with E-state index in [1.165, 1.54) is 0 Å². The van der Waals surface area contributed by atoms with Crippen molar-refractivity contribution < 1.29 is 28.3 Å². The van der Waals surface area contributed by atoms with Crippen LogP contribution in [-0.4, -0.2) is 54.7 Å². The average molecular weight is 452 g/mol. The van der Waals surface area contributed by atoms with Crippen molar-refractivity contribution in [2.45, 2.75) is 57.3 Å². The van der Waals surface area contributed by atoms with Gasteiger partial charge in [0.2, 0.25) is 11.0 Å². The van der Waals surface area contributed by atoms with Crippen LogP contribution in [0, 0.1) is 5.92 Å². The lowest BCUT2D eigenvalue weighted by Gasteiger charge is -2.49. The Bertz CT molecular complexity index is 836. The first-order chi connectivity index (χ1) is 13.8. The number of rotatable bonds is 5. The summed E-state index contributed by atoms with van der Waals surface area (Å²) in [7, 11) is -1.12. The van der Waals surface area contributed by atoms with Crippen LogP contribution in [0.5, 0.6) is 0 Å². The van der Waals surface area contributed by atoms with E-state index >= 15 is 0 Å². The van der Waals surface area contributed by atoms with Gasteiger partial charge < -0.3 is 9.16 Å². The summed E-state index contributed by atoms with van der Waals surface area (Å²) in [6.07, 6.45) is -0.513. The number of carbonyl (C=O) groups is 4. The highest BCUT2D eigenvalue weighted by Gasteiger charge is 2.57. The van der Waals surface area contributed by atoms with E-state index in [9.17, 15) is 19.2 Å². The van der Waals surface area contributed by atoms with Gasteiger partial charge in [-0.25, -0.2) is 4.79 Å². The minimum atomic E-state index is -2.20. The molecule has 1 heterocycles. The molecule has 0 aromatic heterocycles. The standard InChI is InChI=1S/C21H29NO6SSi/c1-13(28-30(6,7)21(2,3)4)15-16(23)22(17(24)19(25)27-5)18(15)29-20(26)14-11-9-8-10-12-14/h8-13,15,18H,1-7H3/t13-,15+,18-/m1/s1. The topological polar surface area (TPSA) is 90.0 Å². The lowest BCUT2D eigenvalue weighted by atomic mass is 9.92. The van der Waals surface area contributed by atoms with Gasteiger partial charge in [0, 0.05) is 5.56 Å². The third-order valence-electron chi connectivity index (χ3n) is 5.69. The van der Waals surface area contributed by atoms with Crippen molar-refractivity contribution in [1.29, 1.82) is 0 Å². The highest BCUT2D eigenvalue weighted by molar-refractivity contribution is 8.14. The lowest BCUT2D eigenvalue weighted by Crippen LogP contribution is -2.67. The normalized spacial score (nSPS) is 20.4. The molecule has 1 aromatic carbocycles. The van der Waals surface area contributed by atoms with Crippen molar-refractivity contribution in [2.24, 2.45) is 5.92 Å². The molecule has 0 spiro atoms. The largest absolute Gasteiger partial charge is 0.462 e. The number of nitrogens with zero attached hydrogens (tertiary/aromatic N) is 1. The minimum Gasteiger partial charge on any atom is -0.462 e. The van der Waals surface area contributed by atoms with Crippen LogP contribution in [0.3, 0.4) is 0 Å². The molecule has 9 heteroatoms. The summed E-state index contributed by atoms with van der Waals surface area (Å²) in [6, 6.07) is 8.58. The van der Waals surface area contributed by atoms with Crippen LogP contribution in [0.25, 0.3) is 0 Å². The molecule has 2 rings (SSSR count). The number of hydrogen-bond acceptors (Lipinski definition) is 7. The zero-order chi connectivity index (χ0) is 22.9. The molecule has 0 aliphatic carbocycles. The zero-order valence-electron chi connectivity index (χ0n) is 18.4. The molecule has 1 aliphatic heterocycles. The molecular formula is C21H29NO6SSi. The van der Waals surface area contributed by atoms with Gasteiger partial charge in [-0.1, -0.05) is 62.9 Å². The summed E-state index contributed by atoms with van der Waals surface area (Å²) in [4.78, 5) is 50.5. The van der Waals surface area contributed by atoms with Crippen LogP contribution >= 0.6 is 11.8 Å². The van der Waals surface area contributed by atoms with E-state index in [1.807, 2.05) is 0 Å². The Kier molecular flexibility index (Phi) is 7.31. The fraction of sp³-hybridized carbons (Fsp3) is 0.524. The number of carbonyl (C=O) groups excluding carboxylic acids is 4. The Labute approximate surface area is 182 Å². The second kappa shape index (κ2) is 9.03. The van der Waals surface area contributed by atoms with E-state index in [0.29, 0.717) is 5.56 Å². The van der Waals surface area contributed by atoms with Gasteiger partial charge in [-0.05, 0) is 25.1 Å². The first kappa shape index (κ1) is 24.3. The molecule has 1 saturated heterocycles. The Morgan fingerprint density at radius 1 is 1.13 bits per heavy atom. The number of benzene rings is 1. The number of esters is 1. The number of hydrogen-bond donors (Lipinski definition) is 0. The predicted octanol–water partition coefficient (Wildman–Crippen LogP) is 3.45. The first-order valence-corrected chi connectivity index (χ1v) is 13.5. The molecule has 3 atom stereocenters. The molecule has 0 radical (unpaired) electrons. The highest BCUT2D eigenvalue weighted by Crippen LogP contribution is 2.43. The van der Waals surface area contributed by atoms with Crippen LogP contribution < -0.4 is 0 Å². The van der Waals surface area contributed by atoms with Crippen molar-refractivity contribution in [3.8, 4) is 0 Å². The first-order valence-electron chi connectivity index (χ1n) is 9.71. The van der Waals surface area contributed by atoms with E-state index in [-0.39, 0.29) is 10.2 Å². The van der Waals surface area contributed by atoms with Gasteiger partial charge in [-0.2, -0.15) is 0 Å². The number of methoxy groups -OCH3 is 1. The predicted molar refractivity (Wildman–Crippen MR) is 117 cm³/mol. The Balaban J connectivity index is 2.29. The molecule has 0 saturated carbocycles. The molecule has 1 aromatic rings. The number of β-lactam (4-membered cyclic amide) rings is 1. The maximum atomic E-state index is 12.8. The molecule has 7 nitrogen and oxygen atoms in total. The second-order valence-corrected chi connectivity index (χ2v) is 14.6. The van der Waals surface area contributed by atoms with Gasteiger partial charge in [0.05, 0.1) is 19.1 Å². The van der Waals surface area contributed by atoms with Crippen LogP contribution in [0.2, 0.25) is 18.1 Å². The van der Waals surface area contributed by atoms with Gasteiger partial charge >= 0.3 is 11.9 Å². The number of amides is 2. The Morgan fingerprint density at radius 3 is 2.20 bits per heavy atom. The number of imide groups is 1. The van der Waals surface area contributed by atoms with E-state index < -0.39 is 43.5 Å². The average Bonchev–Trinajstić information content (AvgIpc) is 2.66. The Morgan fingerprint density at radius 2 is 1.70 bits per heavy atom. The molecule has 2 amide bonds. The van der Waals surface area contributed by atoms with Crippen molar-refractivity contribution in [3.05, 3.63) is 35.9 Å². The van der Waals surface area contributed by atoms with E-state index in [4.69, 9.17) is 4.43 Å². The van der Waals surface area contributed by atoms with Crippen LogP contribution in [0.1, 0.15) is 38.1 Å². The van der Waals surface area contributed by atoms with Gasteiger partial charge in [0.25, 0.3) is 0 Å². The maximum Gasteiger partial charge on any atom is 0.397 e. The summed E-state index contributed by atoms with van der Waals surface area (Å²) in [5, 5.41) is -1.20. The van der Waals surface area contributed by atoms with E-state index in [0.717, 1.165) is 23.8 Å². The minimum absolute atomic E-state index is 0.0714. The SMILES string of the molecule is COC(=O)C(=O)N1C(=O)[C@H]([C@@H](C)O[Si](C)(C)C(C)(C)C)[C@H]1SC(=O)c1ccccc1. The Hall–Kier alpha value is -1.97. The quantitative estimate of drug-likeness (QED) is 0.293. The molecule has 1 fully saturated rings. The van der Waals surface area contributed by atoms with Crippen LogP contribution in [-0.2, 0) is 23.5 Å². The molecule has 164 valence electrons. The number of ether oxygens (including phenoxy) is 1. The summed E-state index contributed by atoms with van der Waals surface area (Å²) < 4.78 is 10.8. The van der Waals surface area contributed by atoms with Crippen molar-refractivity contribution >= 4 is 43.0 Å². The van der Waals surface area contributed by atoms with Crippen molar-refractivity contribution in [3.63, 3.8) is 0 Å². The lowest BCUT2D eigenvalue weighted by molar-refractivity contribution is -0.173. The van der Waals surface area contributed by atoms with E-state index in [2.05, 4.69) is 38.6 Å². The van der Waals surface area contributed by atoms with Gasteiger partial charge in [0.15, 0.2) is 8.32 Å². The summed E-state index contributed by atoms with van der Waals surface area (Å²) in [5.74, 6) is -3.46. The van der Waals surface area contributed by atoms with Gasteiger partial charge in [0.1, 0.15) is 5.37 Å². The second-order valence-electron chi connectivity index (χ2n) is 8.78. The molecule has 0 bridgehead atoms. The molecule has 0 unspecified atom stereocenters. The summed E-state index contributed by atoms with van der Waals surface area (Å²) in [5.41, 5.74) is 0.448. The van der Waals surface area contributed by atoms with Crippen LogP contribution in [0.4, 0.5) is 0 Å². The molecule has 30 heavy (non-hydrogen) atoms. The van der Waals surface area contributed by atoms with Gasteiger partial charge in [-0.15, -0.1) is 0 Å². The third kappa shape index (κ3) is 4.84. The molecule has 1 aliphatic rings. The van der Waals surface area contributed by atoms with Crippen molar-refractivity contribution in [2.75, 3.05) is 7.11 Å². The number of thioether (sulfide) groups is 1. The highest BCUT2D eigenvalue weighted by atomic mass is 32.2.